The first-order valence-electron chi connectivity index (χ1n) is 7.70. The molecule has 1 amide bonds. The van der Waals surface area contributed by atoms with Gasteiger partial charge in [-0.3, -0.25) is 4.79 Å². The Morgan fingerprint density at radius 1 is 1.24 bits per heavy atom. The van der Waals surface area contributed by atoms with Gasteiger partial charge in [-0.2, -0.15) is 4.39 Å². The lowest BCUT2D eigenvalue weighted by Gasteiger charge is -2.25. The summed E-state index contributed by atoms with van der Waals surface area (Å²) >= 11 is 11.4. The fraction of sp³-hybridized carbons (Fsp3) is 0.278. The van der Waals surface area contributed by atoms with Crippen molar-refractivity contribution in [2.75, 3.05) is 10.9 Å². The fourth-order valence-electron chi connectivity index (χ4n) is 2.16. The smallest absolute Gasteiger partial charge is 0.324 e. The molecule has 0 radical (unpaired) electrons. The van der Waals surface area contributed by atoms with Crippen molar-refractivity contribution in [2.45, 2.75) is 24.2 Å². The van der Waals surface area contributed by atoms with Crippen LogP contribution in [0.25, 0.3) is 0 Å². The van der Waals surface area contributed by atoms with E-state index < -0.39 is 9.83 Å². The van der Waals surface area contributed by atoms with Crippen LogP contribution in [0.15, 0.2) is 48.5 Å². The molecule has 25 heavy (non-hydrogen) atoms. The quantitative estimate of drug-likeness (QED) is 0.412. The van der Waals surface area contributed by atoms with Crippen molar-refractivity contribution in [3.05, 3.63) is 59.7 Å². The highest BCUT2D eigenvalue weighted by Gasteiger charge is 2.32. The van der Waals surface area contributed by atoms with E-state index in [4.69, 9.17) is 27.9 Å². The van der Waals surface area contributed by atoms with Gasteiger partial charge in [-0.05, 0) is 37.1 Å². The van der Waals surface area contributed by atoms with Gasteiger partial charge in [-0.25, -0.2) is 4.31 Å². The maximum Gasteiger partial charge on any atom is 0.324 e. The minimum absolute atomic E-state index is 0.392. The molecule has 0 saturated heterocycles. The Bertz CT molecular complexity index is 737. The average Bonchev–Trinajstić information content (AvgIpc) is 2.57. The van der Waals surface area contributed by atoms with Crippen LogP contribution >= 0.6 is 35.1 Å². The number of halogens is 3. The second-order valence-corrected chi connectivity index (χ2v) is 8.09. The van der Waals surface area contributed by atoms with Crippen molar-refractivity contribution < 1.29 is 13.9 Å². The van der Waals surface area contributed by atoms with E-state index in [9.17, 15) is 9.18 Å². The Morgan fingerprint density at radius 3 is 2.60 bits per heavy atom. The first kappa shape index (κ1) is 19.9. The van der Waals surface area contributed by atoms with E-state index in [0.717, 1.165) is 16.3 Å². The number of carbonyl (C=O) groups is 1. The lowest BCUT2D eigenvalue weighted by molar-refractivity contribution is 0.101. The summed E-state index contributed by atoms with van der Waals surface area (Å²) in [5, 5.41) is 0. The Hall–Kier alpha value is -1.43. The highest BCUT2D eigenvalue weighted by molar-refractivity contribution is 8.05. The molecular formula is C18H18Cl2FNO2S. The van der Waals surface area contributed by atoms with Crippen LogP contribution in [-0.2, 0) is 0 Å². The summed E-state index contributed by atoms with van der Waals surface area (Å²) < 4.78 is 17.9. The molecule has 2 aromatic carbocycles. The molecular weight excluding hydrogens is 384 g/mol. The number of carbonyl (C=O) groups excluding carboxylic acids is 1. The largest absolute Gasteiger partial charge is 0.494 e. The van der Waals surface area contributed by atoms with Gasteiger partial charge in [0, 0.05) is 23.6 Å². The summed E-state index contributed by atoms with van der Waals surface area (Å²) in [5.41, 5.74) is 1.63. The van der Waals surface area contributed by atoms with Gasteiger partial charge in [-0.1, -0.05) is 54.4 Å². The zero-order valence-electron chi connectivity index (χ0n) is 13.8. The molecule has 0 atom stereocenters. The molecule has 134 valence electrons. The van der Waals surface area contributed by atoms with Crippen LogP contribution in [0, 0.1) is 6.92 Å². The highest BCUT2D eigenvalue weighted by atomic mass is 35.5. The molecule has 7 heteroatoms. The predicted molar refractivity (Wildman–Crippen MR) is 103 cm³/mol. The summed E-state index contributed by atoms with van der Waals surface area (Å²) in [6.07, 6.45) is 0.849. The molecule has 0 fully saturated rings. The lowest BCUT2D eigenvalue weighted by Crippen LogP contribution is -2.27. The number of nitrogens with zero attached hydrogens (tertiary/aromatic N) is 1. The zero-order chi connectivity index (χ0) is 18.4. The maximum atomic E-state index is 13.9. The maximum absolute atomic E-state index is 13.9. The number of aryl methyl sites for hydroxylation is 1. The minimum Gasteiger partial charge on any atom is -0.494 e. The summed E-state index contributed by atoms with van der Waals surface area (Å²) in [7, 11) is 0. The number of amides is 1. The van der Waals surface area contributed by atoms with Crippen LogP contribution in [0.3, 0.4) is 0 Å². The second-order valence-electron chi connectivity index (χ2n) is 5.30. The summed E-state index contributed by atoms with van der Waals surface area (Å²) in [6, 6.07) is 13.9. The van der Waals surface area contributed by atoms with E-state index in [0.29, 0.717) is 35.6 Å². The van der Waals surface area contributed by atoms with Gasteiger partial charge in [0.1, 0.15) is 5.75 Å². The van der Waals surface area contributed by atoms with E-state index in [1.165, 1.54) is 0 Å². The highest BCUT2D eigenvalue weighted by Crippen LogP contribution is 2.42. The summed E-state index contributed by atoms with van der Waals surface area (Å²) in [5.74, 6) is 0.162. The van der Waals surface area contributed by atoms with Crippen LogP contribution in [0.5, 0.6) is 5.75 Å². The molecule has 0 heterocycles. The topological polar surface area (TPSA) is 29.5 Å². The first-order valence-corrected chi connectivity index (χ1v) is 9.23. The van der Waals surface area contributed by atoms with Gasteiger partial charge < -0.3 is 4.74 Å². The van der Waals surface area contributed by atoms with Crippen LogP contribution in [0.1, 0.15) is 29.3 Å². The van der Waals surface area contributed by atoms with Gasteiger partial charge in [0.05, 0.1) is 12.3 Å². The van der Waals surface area contributed by atoms with E-state index in [2.05, 4.69) is 0 Å². The van der Waals surface area contributed by atoms with Gasteiger partial charge in [0.2, 0.25) is 0 Å². The van der Waals surface area contributed by atoms with Gasteiger partial charge in [-0.15, -0.1) is 0 Å². The van der Waals surface area contributed by atoms with Crippen LogP contribution < -0.4 is 9.04 Å². The average molecular weight is 402 g/mol. The number of rotatable bonds is 7. The van der Waals surface area contributed by atoms with Gasteiger partial charge in [0.25, 0.3) is 5.91 Å². The Kier molecular flexibility index (Phi) is 6.99. The molecule has 2 rings (SSSR count). The Morgan fingerprint density at radius 2 is 1.96 bits per heavy atom. The number of benzene rings is 2. The zero-order valence-corrected chi connectivity index (χ0v) is 16.2. The number of hydrogen-bond acceptors (Lipinski definition) is 3. The number of alkyl halides is 3. The molecule has 0 N–H and O–H groups in total. The van der Waals surface area contributed by atoms with Crippen LogP contribution in [0.2, 0.25) is 0 Å². The second kappa shape index (κ2) is 8.79. The lowest BCUT2D eigenvalue weighted by atomic mass is 10.1. The van der Waals surface area contributed by atoms with Crippen molar-refractivity contribution in [1.29, 1.82) is 0 Å². The monoisotopic (exact) mass is 401 g/mol. The van der Waals surface area contributed by atoms with E-state index >= 15 is 0 Å². The number of hydrogen-bond donors (Lipinski definition) is 0. The first-order chi connectivity index (χ1) is 11.8. The Balaban J connectivity index is 2.39. The predicted octanol–water partition coefficient (Wildman–Crippen LogP) is 6.14. The van der Waals surface area contributed by atoms with Crippen molar-refractivity contribution in [3.8, 4) is 5.75 Å². The summed E-state index contributed by atoms with van der Waals surface area (Å²) in [6.45, 7) is 4.34. The molecule has 0 aliphatic rings. The third kappa shape index (κ3) is 5.80. The standard InChI is InChI=1S/C18H18Cl2FNO2S/c1-3-11-24-15-9-6-8-14(12-15)22(25-18(19,20)21)17(23)16-10-5-4-7-13(16)2/h4-10,12H,3,11H2,1-2H3. The molecule has 0 unspecified atom stereocenters. The van der Waals surface area contributed by atoms with E-state index in [1.54, 1.807) is 49.4 Å². The molecule has 0 aliphatic heterocycles. The van der Waals surface area contributed by atoms with E-state index in [-0.39, 0.29) is 0 Å². The molecule has 0 bridgehead atoms. The molecule has 0 saturated carbocycles. The van der Waals surface area contributed by atoms with Crippen molar-refractivity contribution >= 4 is 46.7 Å². The van der Waals surface area contributed by atoms with Crippen molar-refractivity contribution in [2.24, 2.45) is 0 Å². The molecule has 0 aromatic heterocycles. The van der Waals surface area contributed by atoms with Crippen LogP contribution in [-0.4, -0.2) is 16.4 Å². The molecule has 3 nitrogen and oxygen atoms in total. The van der Waals surface area contributed by atoms with Gasteiger partial charge >= 0.3 is 3.92 Å². The molecule has 2 aromatic rings. The van der Waals surface area contributed by atoms with Gasteiger partial charge in [0.15, 0.2) is 0 Å². The molecule has 0 aliphatic carbocycles. The summed E-state index contributed by atoms with van der Waals surface area (Å²) in [4.78, 5) is 12.9. The third-order valence-electron chi connectivity index (χ3n) is 3.28. The molecule has 0 spiro atoms. The van der Waals surface area contributed by atoms with E-state index in [1.807, 2.05) is 13.0 Å². The number of anilines is 1. The van der Waals surface area contributed by atoms with Crippen molar-refractivity contribution in [1.82, 2.24) is 0 Å². The number of ether oxygens (including phenoxy) is 1. The minimum atomic E-state index is -2.65. The van der Waals surface area contributed by atoms with Crippen molar-refractivity contribution in [3.63, 3.8) is 0 Å². The fourth-order valence-corrected chi connectivity index (χ4v) is 3.18. The normalized spacial score (nSPS) is 11.2. The van der Waals surface area contributed by atoms with Crippen LogP contribution in [0.4, 0.5) is 10.1 Å². The third-order valence-corrected chi connectivity index (χ3v) is 4.46. The SMILES string of the molecule is CCCOc1cccc(N(SC(F)(Cl)Cl)C(=O)c2ccccc2C)c1. The Labute approximate surface area is 161 Å².